The first kappa shape index (κ1) is 28.8. The summed E-state index contributed by atoms with van der Waals surface area (Å²) < 4.78 is 27.0. The molecule has 7 nitrogen and oxygen atoms in total. The highest BCUT2D eigenvalue weighted by molar-refractivity contribution is 9.10. The van der Waals surface area contributed by atoms with E-state index in [1.54, 1.807) is 24.0 Å². The monoisotopic (exact) mass is 565 g/mol. The maximum Gasteiger partial charge on any atom is 0.242 e. The lowest BCUT2D eigenvalue weighted by atomic mass is 10.1. The van der Waals surface area contributed by atoms with E-state index in [4.69, 9.17) is 0 Å². The molecule has 0 aromatic heterocycles. The second-order valence-electron chi connectivity index (χ2n) is 8.92. The van der Waals surface area contributed by atoms with Crippen molar-refractivity contribution < 1.29 is 18.0 Å². The van der Waals surface area contributed by atoms with Gasteiger partial charge in [-0.3, -0.25) is 13.9 Å². The van der Waals surface area contributed by atoms with Gasteiger partial charge in [-0.2, -0.15) is 0 Å². The predicted molar refractivity (Wildman–Crippen MR) is 145 cm³/mol. The van der Waals surface area contributed by atoms with Gasteiger partial charge in [-0.15, -0.1) is 0 Å². The molecule has 0 fully saturated rings. The van der Waals surface area contributed by atoms with Gasteiger partial charge in [-0.25, -0.2) is 8.42 Å². The summed E-state index contributed by atoms with van der Waals surface area (Å²) in [6.45, 7) is 8.03. The lowest BCUT2D eigenvalue weighted by Gasteiger charge is -2.30. The molecule has 0 heterocycles. The highest BCUT2D eigenvalue weighted by Gasteiger charge is 2.27. The standard InChI is InChI=1S/C26H36BrN3O4S/c1-6-20(3)28-26(32)21(4)29(18-22-9-7-10-23(27)17-22)25(31)11-8-16-30(35(5,33)34)24-14-12-19(2)13-15-24/h7,9-10,12-15,17,20-21H,6,8,11,16,18H2,1-5H3,(H,28,32)/t20-,21+/m1/s1. The van der Waals surface area contributed by atoms with E-state index in [0.29, 0.717) is 12.1 Å². The molecular formula is C26H36BrN3O4S. The van der Waals surface area contributed by atoms with Crippen molar-refractivity contribution in [1.82, 2.24) is 10.2 Å². The fourth-order valence-electron chi connectivity index (χ4n) is 3.60. The maximum atomic E-state index is 13.3. The van der Waals surface area contributed by atoms with Crippen molar-refractivity contribution in [3.05, 3.63) is 64.1 Å². The van der Waals surface area contributed by atoms with E-state index < -0.39 is 16.1 Å². The van der Waals surface area contributed by atoms with Crippen molar-refractivity contribution in [2.45, 2.75) is 65.6 Å². The van der Waals surface area contributed by atoms with E-state index >= 15 is 0 Å². The first-order valence-electron chi connectivity index (χ1n) is 11.8. The molecule has 0 unspecified atom stereocenters. The number of hydrogen-bond donors (Lipinski definition) is 1. The Bertz CT molecular complexity index is 1110. The van der Waals surface area contributed by atoms with Crippen molar-refractivity contribution in [3.8, 4) is 0 Å². The zero-order chi connectivity index (χ0) is 26.2. The van der Waals surface area contributed by atoms with Gasteiger partial charge < -0.3 is 10.2 Å². The van der Waals surface area contributed by atoms with Crippen LogP contribution in [0.15, 0.2) is 53.0 Å². The molecule has 0 radical (unpaired) electrons. The lowest BCUT2D eigenvalue weighted by molar-refractivity contribution is -0.140. The van der Waals surface area contributed by atoms with Crippen LogP contribution in [0.1, 0.15) is 51.2 Å². The van der Waals surface area contributed by atoms with Crippen LogP contribution in [-0.4, -0.2) is 50.0 Å². The molecule has 1 N–H and O–H groups in total. The topological polar surface area (TPSA) is 86.8 Å². The fraction of sp³-hybridized carbons (Fsp3) is 0.462. The first-order chi connectivity index (χ1) is 16.4. The average Bonchev–Trinajstić information content (AvgIpc) is 2.79. The Morgan fingerprint density at radius 3 is 2.31 bits per heavy atom. The smallest absolute Gasteiger partial charge is 0.242 e. The number of hydrogen-bond acceptors (Lipinski definition) is 4. The first-order valence-corrected chi connectivity index (χ1v) is 14.4. The van der Waals surface area contributed by atoms with Crippen molar-refractivity contribution in [2.24, 2.45) is 0 Å². The van der Waals surface area contributed by atoms with E-state index in [0.717, 1.165) is 28.3 Å². The molecule has 2 amide bonds. The molecule has 0 aliphatic heterocycles. The van der Waals surface area contributed by atoms with E-state index in [1.807, 2.05) is 57.2 Å². The molecule has 0 aliphatic rings. The van der Waals surface area contributed by atoms with Gasteiger partial charge in [0.05, 0.1) is 11.9 Å². The molecule has 2 rings (SSSR count). The molecule has 35 heavy (non-hydrogen) atoms. The van der Waals surface area contributed by atoms with Crippen LogP contribution in [0.2, 0.25) is 0 Å². The van der Waals surface area contributed by atoms with Crippen LogP contribution in [0.3, 0.4) is 0 Å². The fourth-order valence-corrected chi connectivity index (χ4v) is 5.01. The molecule has 0 saturated heterocycles. The molecule has 0 spiro atoms. The molecule has 2 atom stereocenters. The minimum atomic E-state index is -3.51. The normalized spacial score (nSPS) is 13.1. The van der Waals surface area contributed by atoms with Gasteiger partial charge in [0.1, 0.15) is 6.04 Å². The molecule has 2 aromatic rings. The van der Waals surface area contributed by atoms with Crippen LogP contribution in [0.25, 0.3) is 0 Å². The van der Waals surface area contributed by atoms with Gasteiger partial charge in [-0.05, 0) is 63.4 Å². The second kappa shape index (κ2) is 13.1. The SMILES string of the molecule is CC[C@@H](C)NC(=O)[C@H](C)N(Cc1cccc(Br)c1)C(=O)CCCN(c1ccc(C)cc1)S(C)(=O)=O. The van der Waals surface area contributed by atoms with Gasteiger partial charge >= 0.3 is 0 Å². The number of sulfonamides is 1. The Morgan fingerprint density at radius 2 is 1.74 bits per heavy atom. The Morgan fingerprint density at radius 1 is 1.09 bits per heavy atom. The van der Waals surface area contributed by atoms with Crippen LogP contribution < -0.4 is 9.62 Å². The van der Waals surface area contributed by atoms with Crippen molar-refractivity contribution in [3.63, 3.8) is 0 Å². The summed E-state index contributed by atoms with van der Waals surface area (Å²) in [5.74, 6) is -0.408. The maximum absolute atomic E-state index is 13.3. The second-order valence-corrected chi connectivity index (χ2v) is 11.7. The Kier molecular flexibility index (Phi) is 10.8. The highest BCUT2D eigenvalue weighted by atomic mass is 79.9. The van der Waals surface area contributed by atoms with Gasteiger partial charge in [-0.1, -0.05) is 52.7 Å². The summed E-state index contributed by atoms with van der Waals surface area (Å²) in [7, 11) is -3.51. The van der Waals surface area contributed by atoms with Gasteiger partial charge in [0, 0.05) is 30.0 Å². The average molecular weight is 567 g/mol. The molecule has 0 aliphatic carbocycles. The largest absolute Gasteiger partial charge is 0.352 e. The molecular weight excluding hydrogens is 530 g/mol. The number of rotatable bonds is 12. The Hall–Kier alpha value is -2.39. The third kappa shape index (κ3) is 8.96. The summed E-state index contributed by atoms with van der Waals surface area (Å²) >= 11 is 3.46. The number of amides is 2. The molecule has 2 aromatic carbocycles. The molecule has 0 bridgehead atoms. The quantitative estimate of drug-likeness (QED) is 0.406. The van der Waals surface area contributed by atoms with Crippen LogP contribution in [0.4, 0.5) is 5.69 Å². The highest BCUT2D eigenvalue weighted by Crippen LogP contribution is 2.20. The van der Waals surface area contributed by atoms with Crippen molar-refractivity contribution in [2.75, 3.05) is 17.1 Å². The Balaban J connectivity index is 2.16. The summed E-state index contributed by atoms with van der Waals surface area (Å²) in [6, 6.07) is 14.2. The molecule has 192 valence electrons. The van der Waals surface area contributed by atoms with Gasteiger partial charge in [0.25, 0.3) is 0 Å². The molecule has 9 heteroatoms. The zero-order valence-corrected chi connectivity index (χ0v) is 23.5. The van der Waals surface area contributed by atoms with Crippen LogP contribution in [0, 0.1) is 6.92 Å². The van der Waals surface area contributed by atoms with E-state index in [9.17, 15) is 18.0 Å². The number of carbonyl (C=O) groups is 2. The summed E-state index contributed by atoms with van der Waals surface area (Å²) in [4.78, 5) is 27.7. The number of nitrogens with zero attached hydrogens (tertiary/aromatic N) is 2. The number of nitrogens with one attached hydrogen (secondary N) is 1. The summed E-state index contributed by atoms with van der Waals surface area (Å²) in [5, 5.41) is 2.95. The number of anilines is 1. The molecule has 0 saturated carbocycles. The number of carbonyl (C=O) groups excluding carboxylic acids is 2. The van der Waals surface area contributed by atoms with Gasteiger partial charge in [0.15, 0.2) is 0 Å². The Labute approximate surface area is 218 Å². The van der Waals surface area contributed by atoms with Crippen molar-refractivity contribution in [1.29, 1.82) is 0 Å². The minimum absolute atomic E-state index is 0.00519. The minimum Gasteiger partial charge on any atom is -0.352 e. The van der Waals surface area contributed by atoms with E-state index in [1.165, 1.54) is 4.31 Å². The van der Waals surface area contributed by atoms with Gasteiger partial charge in [0.2, 0.25) is 21.8 Å². The van der Waals surface area contributed by atoms with Crippen LogP contribution >= 0.6 is 15.9 Å². The van der Waals surface area contributed by atoms with Crippen molar-refractivity contribution >= 4 is 43.5 Å². The summed E-state index contributed by atoms with van der Waals surface area (Å²) in [5.41, 5.74) is 2.50. The predicted octanol–water partition coefficient (Wildman–Crippen LogP) is 4.64. The van der Waals surface area contributed by atoms with E-state index in [-0.39, 0.29) is 37.4 Å². The number of aryl methyl sites for hydroxylation is 1. The number of halogens is 1. The lowest BCUT2D eigenvalue weighted by Crippen LogP contribution is -2.49. The van der Waals surface area contributed by atoms with Crippen LogP contribution in [-0.2, 0) is 26.2 Å². The van der Waals surface area contributed by atoms with Crippen LogP contribution in [0.5, 0.6) is 0 Å². The van der Waals surface area contributed by atoms with E-state index in [2.05, 4.69) is 21.2 Å². The number of benzene rings is 2. The third-order valence-corrected chi connectivity index (χ3v) is 7.57. The third-order valence-electron chi connectivity index (χ3n) is 5.88. The summed E-state index contributed by atoms with van der Waals surface area (Å²) in [6.07, 6.45) is 2.40. The zero-order valence-electron chi connectivity index (χ0n) is 21.1.